The molecule has 0 aromatic heterocycles. The number of rotatable bonds is 6. The molecule has 0 saturated carbocycles. The van der Waals surface area contributed by atoms with Gasteiger partial charge in [0.1, 0.15) is 5.41 Å². The molecule has 1 rings (SSSR count). The van der Waals surface area contributed by atoms with Crippen molar-refractivity contribution >= 4 is 17.8 Å². The maximum absolute atomic E-state index is 12.6. The Morgan fingerprint density at radius 1 is 1.19 bits per heavy atom. The van der Waals surface area contributed by atoms with Gasteiger partial charge in [0.25, 0.3) is 0 Å². The lowest BCUT2D eigenvalue weighted by atomic mass is 9.70. The summed E-state index contributed by atoms with van der Waals surface area (Å²) < 4.78 is 5.42. The molecular formula is C16H27NO4. The van der Waals surface area contributed by atoms with Gasteiger partial charge >= 0.3 is 5.97 Å². The quantitative estimate of drug-likeness (QED) is 0.558. The van der Waals surface area contributed by atoms with Gasteiger partial charge < -0.3 is 4.74 Å². The molecule has 1 atom stereocenters. The summed E-state index contributed by atoms with van der Waals surface area (Å²) in [6.45, 7) is 11.0. The fraction of sp³-hybridized carbons (Fsp3) is 0.812. The molecule has 1 heterocycles. The van der Waals surface area contributed by atoms with Crippen molar-refractivity contribution in [1.82, 2.24) is 4.90 Å². The van der Waals surface area contributed by atoms with E-state index < -0.39 is 17.1 Å². The van der Waals surface area contributed by atoms with Gasteiger partial charge in [0.05, 0.1) is 0 Å². The molecule has 5 nitrogen and oxygen atoms in total. The van der Waals surface area contributed by atoms with Crippen LogP contribution in [0.2, 0.25) is 0 Å². The van der Waals surface area contributed by atoms with Crippen LogP contribution in [0.5, 0.6) is 0 Å². The zero-order valence-corrected chi connectivity index (χ0v) is 14.0. The molecule has 120 valence electrons. The van der Waals surface area contributed by atoms with Crippen molar-refractivity contribution in [3.63, 3.8) is 0 Å². The van der Waals surface area contributed by atoms with Crippen molar-refractivity contribution in [3.8, 4) is 0 Å². The highest BCUT2D eigenvalue weighted by Gasteiger charge is 2.64. The van der Waals surface area contributed by atoms with E-state index >= 15 is 0 Å². The van der Waals surface area contributed by atoms with Crippen molar-refractivity contribution in [2.45, 2.75) is 73.5 Å². The monoisotopic (exact) mass is 297 g/mol. The van der Waals surface area contributed by atoms with Crippen LogP contribution in [0.4, 0.5) is 0 Å². The van der Waals surface area contributed by atoms with Gasteiger partial charge in [-0.15, -0.1) is 0 Å². The summed E-state index contributed by atoms with van der Waals surface area (Å²) in [7, 11) is 0. The number of carbonyl (C=O) groups is 3. The van der Waals surface area contributed by atoms with Crippen LogP contribution in [0.25, 0.3) is 0 Å². The molecule has 1 saturated heterocycles. The molecule has 0 radical (unpaired) electrons. The minimum absolute atomic E-state index is 0.215. The summed E-state index contributed by atoms with van der Waals surface area (Å²) in [6.07, 6.45) is 1.20. The number of hydrogen-bond acceptors (Lipinski definition) is 4. The van der Waals surface area contributed by atoms with Gasteiger partial charge in [-0.3, -0.25) is 14.4 Å². The summed E-state index contributed by atoms with van der Waals surface area (Å²) in [4.78, 5) is 38.0. The van der Waals surface area contributed by atoms with Gasteiger partial charge in [0.2, 0.25) is 11.8 Å². The average Bonchev–Trinajstić information content (AvgIpc) is 2.47. The Kier molecular flexibility index (Phi) is 5.18. The van der Waals surface area contributed by atoms with E-state index in [-0.39, 0.29) is 24.2 Å². The molecule has 0 aliphatic carbocycles. The summed E-state index contributed by atoms with van der Waals surface area (Å²) in [5.74, 6) is -0.861. The van der Waals surface area contributed by atoms with Gasteiger partial charge in [-0.1, -0.05) is 41.5 Å². The first kappa shape index (κ1) is 17.7. The van der Waals surface area contributed by atoms with E-state index in [0.29, 0.717) is 19.3 Å². The zero-order valence-electron chi connectivity index (χ0n) is 14.0. The highest BCUT2D eigenvalue weighted by molar-refractivity contribution is 6.05. The predicted molar refractivity (Wildman–Crippen MR) is 79.1 cm³/mol. The second-order valence-electron chi connectivity index (χ2n) is 6.28. The third-order valence-corrected chi connectivity index (χ3v) is 4.83. The van der Waals surface area contributed by atoms with Crippen LogP contribution < -0.4 is 0 Å². The van der Waals surface area contributed by atoms with Gasteiger partial charge in [0.15, 0.2) is 6.23 Å². The standard InChI is InChI=1S/C16H27NO4/c1-7-11(18)21-14-16(9-3,10-4)13(20)17(14)12(19)15(5,6)8-2/h14H,7-10H2,1-6H3. The summed E-state index contributed by atoms with van der Waals surface area (Å²) in [5, 5.41) is 0. The maximum Gasteiger partial charge on any atom is 0.307 e. The predicted octanol–water partition coefficient (Wildman–Crippen LogP) is 2.88. The molecule has 21 heavy (non-hydrogen) atoms. The molecule has 2 amide bonds. The normalized spacial score (nSPS) is 21.0. The summed E-state index contributed by atoms with van der Waals surface area (Å²) in [5.41, 5.74) is -1.38. The highest BCUT2D eigenvalue weighted by atomic mass is 16.6. The lowest BCUT2D eigenvalue weighted by Gasteiger charge is -2.54. The average molecular weight is 297 g/mol. The number of nitrogens with zero attached hydrogens (tertiary/aromatic N) is 1. The van der Waals surface area contributed by atoms with Crippen LogP contribution in [0, 0.1) is 10.8 Å². The Bertz CT molecular complexity index is 438. The van der Waals surface area contributed by atoms with Crippen LogP contribution in [0.1, 0.15) is 67.2 Å². The van der Waals surface area contributed by atoms with Crippen molar-refractivity contribution in [2.24, 2.45) is 10.8 Å². The van der Waals surface area contributed by atoms with Crippen LogP contribution >= 0.6 is 0 Å². The number of amides is 2. The SMILES string of the molecule is CCC(=O)OC1N(C(=O)C(C)(C)CC)C(=O)C1(CC)CC. The minimum Gasteiger partial charge on any atom is -0.440 e. The first-order chi connectivity index (χ1) is 9.71. The van der Waals surface area contributed by atoms with E-state index in [9.17, 15) is 14.4 Å². The van der Waals surface area contributed by atoms with Crippen LogP contribution in [0.3, 0.4) is 0 Å². The number of carbonyl (C=O) groups excluding carboxylic acids is 3. The lowest BCUT2D eigenvalue weighted by Crippen LogP contribution is -2.72. The Labute approximate surface area is 127 Å². The van der Waals surface area contributed by atoms with E-state index in [1.54, 1.807) is 20.8 Å². The van der Waals surface area contributed by atoms with Gasteiger partial charge in [-0.2, -0.15) is 0 Å². The zero-order chi connectivity index (χ0) is 16.4. The van der Waals surface area contributed by atoms with Crippen molar-refractivity contribution < 1.29 is 19.1 Å². The number of hydrogen-bond donors (Lipinski definition) is 0. The van der Waals surface area contributed by atoms with Crippen molar-refractivity contribution in [2.75, 3.05) is 0 Å². The van der Waals surface area contributed by atoms with Crippen LogP contribution in [-0.2, 0) is 19.1 Å². The number of likely N-dealkylation sites (tertiary alicyclic amines) is 1. The minimum atomic E-state index is -0.759. The van der Waals surface area contributed by atoms with E-state index in [1.807, 2.05) is 20.8 Å². The van der Waals surface area contributed by atoms with E-state index in [4.69, 9.17) is 4.74 Å². The van der Waals surface area contributed by atoms with E-state index in [1.165, 1.54) is 0 Å². The fourth-order valence-electron chi connectivity index (χ4n) is 2.58. The smallest absolute Gasteiger partial charge is 0.307 e. The molecular weight excluding hydrogens is 270 g/mol. The Morgan fingerprint density at radius 2 is 1.71 bits per heavy atom. The number of ether oxygens (including phenoxy) is 1. The molecule has 1 aliphatic heterocycles. The second-order valence-corrected chi connectivity index (χ2v) is 6.28. The van der Waals surface area contributed by atoms with Crippen LogP contribution in [0.15, 0.2) is 0 Å². The fourth-order valence-corrected chi connectivity index (χ4v) is 2.58. The number of esters is 1. The third-order valence-electron chi connectivity index (χ3n) is 4.83. The summed E-state index contributed by atoms with van der Waals surface area (Å²) >= 11 is 0. The van der Waals surface area contributed by atoms with Gasteiger partial charge in [-0.05, 0) is 19.3 Å². The van der Waals surface area contributed by atoms with Gasteiger partial charge in [0, 0.05) is 11.8 Å². The molecule has 0 aromatic carbocycles. The molecule has 0 N–H and O–H groups in total. The Hall–Kier alpha value is -1.39. The van der Waals surface area contributed by atoms with Gasteiger partial charge in [-0.25, -0.2) is 4.90 Å². The molecule has 0 spiro atoms. The number of imide groups is 1. The first-order valence-electron chi connectivity index (χ1n) is 7.79. The summed E-state index contributed by atoms with van der Waals surface area (Å²) in [6, 6.07) is 0. The topological polar surface area (TPSA) is 63.7 Å². The molecule has 0 bridgehead atoms. The molecule has 1 unspecified atom stereocenters. The second kappa shape index (κ2) is 6.16. The lowest BCUT2D eigenvalue weighted by molar-refractivity contribution is -0.225. The largest absolute Gasteiger partial charge is 0.440 e. The van der Waals surface area contributed by atoms with E-state index in [0.717, 1.165) is 4.90 Å². The highest BCUT2D eigenvalue weighted by Crippen LogP contribution is 2.47. The Balaban J connectivity index is 3.11. The van der Waals surface area contributed by atoms with Crippen molar-refractivity contribution in [1.29, 1.82) is 0 Å². The molecule has 1 fully saturated rings. The third kappa shape index (κ3) is 2.70. The molecule has 0 aromatic rings. The Morgan fingerprint density at radius 3 is 2.10 bits per heavy atom. The molecule has 5 heteroatoms. The van der Waals surface area contributed by atoms with Crippen LogP contribution in [-0.4, -0.2) is 28.9 Å². The number of β-lactam (4-membered cyclic amide) rings is 1. The maximum atomic E-state index is 12.6. The molecule has 1 aliphatic rings. The van der Waals surface area contributed by atoms with E-state index in [2.05, 4.69) is 0 Å². The first-order valence-corrected chi connectivity index (χ1v) is 7.79. The van der Waals surface area contributed by atoms with Crippen molar-refractivity contribution in [3.05, 3.63) is 0 Å².